The minimum absolute atomic E-state index is 0.204. The second-order valence-corrected chi connectivity index (χ2v) is 3.64. The van der Waals surface area contributed by atoms with E-state index in [1.54, 1.807) is 23.0 Å². The summed E-state index contributed by atoms with van der Waals surface area (Å²) in [5.74, 6) is -0.156. The Morgan fingerprint density at radius 3 is 2.67 bits per heavy atom. The second-order valence-electron chi connectivity index (χ2n) is 3.64. The maximum absolute atomic E-state index is 11.4. The molecule has 0 fully saturated rings. The van der Waals surface area contributed by atoms with E-state index in [0.717, 1.165) is 5.69 Å². The van der Waals surface area contributed by atoms with Crippen molar-refractivity contribution in [3.63, 3.8) is 0 Å². The number of hydrogen-bond acceptors (Lipinski definition) is 5. The Balaban J connectivity index is 2.46. The van der Waals surface area contributed by atoms with Crippen molar-refractivity contribution in [3.8, 4) is 11.6 Å². The first kappa shape index (κ1) is 12.1. The average Bonchev–Trinajstić information content (AvgIpc) is 2.83. The molecule has 6 nitrogen and oxygen atoms in total. The molecule has 0 N–H and O–H groups in total. The Hall–Kier alpha value is -2.37. The van der Waals surface area contributed by atoms with Crippen LogP contribution in [0.15, 0.2) is 24.7 Å². The van der Waals surface area contributed by atoms with Gasteiger partial charge in [-0.2, -0.15) is 0 Å². The fraction of sp³-hybridized carbons (Fsp3) is 0.250. The van der Waals surface area contributed by atoms with Gasteiger partial charge in [0.25, 0.3) is 0 Å². The zero-order valence-electron chi connectivity index (χ0n) is 10.4. The molecule has 0 spiro atoms. The highest BCUT2D eigenvalue weighted by molar-refractivity contribution is 5.87. The molecule has 0 amide bonds. The van der Waals surface area contributed by atoms with Gasteiger partial charge in [-0.3, -0.25) is 0 Å². The molecule has 0 aliphatic rings. The molecule has 94 valence electrons. The number of pyridine rings is 1. The molecule has 0 radical (unpaired) electrons. The largest absolute Gasteiger partial charge is 0.479 e. The molecule has 0 saturated heterocycles. The van der Waals surface area contributed by atoms with Gasteiger partial charge in [-0.1, -0.05) is 0 Å². The minimum Gasteiger partial charge on any atom is -0.479 e. The van der Waals surface area contributed by atoms with E-state index in [2.05, 4.69) is 14.7 Å². The van der Waals surface area contributed by atoms with Gasteiger partial charge in [-0.25, -0.2) is 14.8 Å². The Bertz CT molecular complexity index is 578. The summed E-state index contributed by atoms with van der Waals surface area (Å²) in [6.07, 6.45) is 3.50. The van der Waals surface area contributed by atoms with Crippen molar-refractivity contribution >= 4 is 5.97 Å². The van der Waals surface area contributed by atoms with E-state index in [9.17, 15) is 4.79 Å². The molecule has 2 aromatic heterocycles. The number of nitrogens with zero attached hydrogens (tertiary/aromatic N) is 3. The lowest BCUT2D eigenvalue weighted by Gasteiger charge is -2.09. The summed E-state index contributed by atoms with van der Waals surface area (Å²) in [6.45, 7) is 1.89. The fourth-order valence-corrected chi connectivity index (χ4v) is 1.55. The monoisotopic (exact) mass is 247 g/mol. The fourth-order valence-electron chi connectivity index (χ4n) is 1.55. The molecular weight excluding hydrogens is 234 g/mol. The highest BCUT2D eigenvalue weighted by Gasteiger charge is 2.13. The van der Waals surface area contributed by atoms with Gasteiger partial charge < -0.3 is 14.0 Å². The molecule has 0 aromatic carbocycles. The molecule has 0 aliphatic heterocycles. The number of aromatic nitrogens is 3. The molecule has 0 bridgehead atoms. The quantitative estimate of drug-likeness (QED) is 0.766. The number of hydrogen-bond donors (Lipinski definition) is 0. The number of imidazole rings is 1. The Labute approximate surface area is 104 Å². The van der Waals surface area contributed by atoms with Crippen molar-refractivity contribution in [2.45, 2.75) is 6.92 Å². The lowest BCUT2D eigenvalue weighted by atomic mass is 10.3. The zero-order valence-corrected chi connectivity index (χ0v) is 10.4. The van der Waals surface area contributed by atoms with Crippen LogP contribution in [0.4, 0.5) is 0 Å². The summed E-state index contributed by atoms with van der Waals surface area (Å²) in [5, 5.41) is 0. The SMILES string of the molecule is COC(=O)c1ccc(-n2cnc(C)c2)c(OC)n1. The first-order valence-corrected chi connectivity index (χ1v) is 5.30. The topological polar surface area (TPSA) is 66.2 Å². The first-order valence-electron chi connectivity index (χ1n) is 5.30. The van der Waals surface area contributed by atoms with Crippen molar-refractivity contribution in [1.82, 2.24) is 14.5 Å². The lowest BCUT2D eigenvalue weighted by molar-refractivity contribution is 0.0593. The molecule has 6 heteroatoms. The average molecular weight is 247 g/mol. The molecule has 0 unspecified atom stereocenters. The van der Waals surface area contributed by atoms with Crippen LogP contribution in [-0.4, -0.2) is 34.7 Å². The van der Waals surface area contributed by atoms with Crippen molar-refractivity contribution < 1.29 is 14.3 Å². The van der Waals surface area contributed by atoms with Crippen molar-refractivity contribution in [3.05, 3.63) is 36.0 Å². The molecule has 0 aliphatic carbocycles. The van der Waals surface area contributed by atoms with Gasteiger partial charge in [0.05, 0.1) is 26.2 Å². The summed E-state index contributed by atoms with van der Waals surface area (Å²) in [4.78, 5) is 19.6. The van der Waals surface area contributed by atoms with Crippen LogP contribution in [0.5, 0.6) is 5.88 Å². The Morgan fingerprint density at radius 2 is 2.11 bits per heavy atom. The number of methoxy groups -OCH3 is 2. The molecule has 0 atom stereocenters. The number of ether oxygens (including phenoxy) is 2. The summed E-state index contributed by atoms with van der Waals surface area (Å²) in [5.41, 5.74) is 1.80. The van der Waals surface area contributed by atoms with Gasteiger partial charge in [0.1, 0.15) is 5.69 Å². The van der Waals surface area contributed by atoms with Gasteiger partial charge in [-0.15, -0.1) is 0 Å². The number of esters is 1. The molecule has 18 heavy (non-hydrogen) atoms. The van der Waals surface area contributed by atoms with E-state index in [0.29, 0.717) is 11.6 Å². The van der Waals surface area contributed by atoms with Crippen LogP contribution < -0.4 is 4.74 Å². The summed E-state index contributed by atoms with van der Waals surface area (Å²) >= 11 is 0. The molecule has 2 aromatic rings. The first-order chi connectivity index (χ1) is 8.65. The third-order valence-electron chi connectivity index (χ3n) is 2.42. The van der Waals surface area contributed by atoms with Gasteiger partial charge in [-0.05, 0) is 19.1 Å². The Morgan fingerprint density at radius 1 is 1.33 bits per heavy atom. The van der Waals surface area contributed by atoms with Crippen LogP contribution in [0.1, 0.15) is 16.2 Å². The van der Waals surface area contributed by atoms with Gasteiger partial charge in [0.15, 0.2) is 5.69 Å². The number of carbonyl (C=O) groups is 1. The lowest BCUT2D eigenvalue weighted by Crippen LogP contribution is -2.07. The highest BCUT2D eigenvalue weighted by Crippen LogP contribution is 2.21. The van der Waals surface area contributed by atoms with Crippen LogP contribution in [0, 0.1) is 6.92 Å². The zero-order chi connectivity index (χ0) is 13.1. The predicted molar refractivity (Wildman–Crippen MR) is 64.0 cm³/mol. The van der Waals surface area contributed by atoms with E-state index < -0.39 is 5.97 Å². The summed E-state index contributed by atoms with van der Waals surface area (Å²) in [7, 11) is 2.81. The van der Waals surface area contributed by atoms with E-state index in [1.165, 1.54) is 14.2 Å². The highest BCUT2D eigenvalue weighted by atomic mass is 16.5. The molecular formula is C12H13N3O3. The number of aryl methyl sites for hydroxylation is 1. The molecule has 2 heterocycles. The maximum atomic E-state index is 11.4. The van der Waals surface area contributed by atoms with Crippen LogP contribution in [-0.2, 0) is 4.74 Å². The van der Waals surface area contributed by atoms with E-state index in [1.807, 2.05) is 13.1 Å². The standard InChI is InChI=1S/C12H13N3O3/c1-8-6-15(7-13-8)10-5-4-9(12(16)18-3)14-11(10)17-2/h4-7H,1-3H3. The van der Waals surface area contributed by atoms with E-state index >= 15 is 0 Å². The van der Waals surface area contributed by atoms with Crippen molar-refractivity contribution in [2.24, 2.45) is 0 Å². The van der Waals surface area contributed by atoms with Crippen LogP contribution in [0.3, 0.4) is 0 Å². The third kappa shape index (κ3) is 2.17. The van der Waals surface area contributed by atoms with Gasteiger partial charge in [0.2, 0.25) is 5.88 Å². The number of carbonyl (C=O) groups excluding carboxylic acids is 1. The predicted octanol–water partition coefficient (Wildman–Crippen LogP) is 1.37. The van der Waals surface area contributed by atoms with E-state index in [4.69, 9.17) is 4.74 Å². The number of rotatable bonds is 3. The van der Waals surface area contributed by atoms with Gasteiger partial charge >= 0.3 is 5.97 Å². The summed E-state index contributed by atoms with van der Waals surface area (Å²) < 4.78 is 11.6. The van der Waals surface area contributed by atoms with Gasteiger partial charge in [0, 0.05) is 6.20 Å². The van der Waals surface area contributed by atoms with Crippen LogP contribution in [0.25, 0.3) is 5.69 Å². The van der Waals surface area contributed by atoms with Crippen molar-refractivity contribution in [1.29, 1.82) is 0 Å². The summed E-state index contributed by atoms with van der Waals surface area (Å²) in [6, 6.07) is 3.32. The Kier molecular flexibility index (Phi) is 3.27. The minimum atomic E-state index is -0.498. The normalized spacial score (nSPS) is 10.2. The third-order valence-corrected chi connectivity index (χ3v) is 2.42. The van der Waals surface area contributed by atoms with Crippen molar-refractivity contribution in [2.75, 3.05) is 14.2 Å². The molecule has 2 rings (SSSR count). The second kappa shape index (κ2) is 4.87. The smallest absolute Gasteiger partial charge is 0.356 e. The molecule has 0 saturated carbocycles. The maximum Gasteiger partial charge on any atom is 0.356 e. The van der Waals surface area contributed by atoms with Crippen LogP contribution >= 0.6 is 0 Å². The van der Waals surface area contributed by atoms with Crippen LogP contribution in [0.2, 0.25) is 0 Å². The van der Waals surface area contributed by atoms with E-state index in [-0.39, 0.29) is 5.69 Å².